The SMILES string of the molecule is OC1CCCC(NC2CCCCC2)CC1. The summed E-state index contributed by atoms with van der Waals surface area (Å²) in [4.78, 5) is 0. The third-order valence-electron chi connectivity index (χ3n) is 4.01. The van der Waals surface area contributed by atoms with Gasteiger partial charge in [-0.25, -0.2) is 0 Å². The van der Waals surface area contributed by atoms with Gasteiger partial charge in [-0.15, -0.1) is 0 Å². The number of aliphatic hydroxyl groups excluding tert-OH is 1. The molecular weight excluding hydrogens is 186 g/mol. The molecule has 2 aliphatic carbocycles. The molecule has 2 fully saturated rings. The van der Waals surface area contributed by atoms with Gasteiger partial charge >= 0.3 is 0 Å². The first-order chi connectivity index (χ1) is 7.34. The van der Waals surface area contributed by atoms with E-state index in [-0.39, 0.29) is 6.10 Å². The zero-order valence-corrected chi connectivity index (χ0v) is 9.75. The van der Waals surface area contributed by atoms with Crippen LogP contribution in [-0.2, 0) is 0 Å². The summed E-state index contributed by atoms with van der Waals surface area (Å²) >= 11 is 0. The Morgan fingerprint density at radius 3 is 2.13 bits per heavy atom. The van der Waals surface area contributed by atoms with E-state index in [4.69, 9.17) is 0 Å². The van der Waals surface area contributed by atoms with Gasteiger partial charge in [0, 0.05) is 12.1 Å². The van der Waals surface area contributed by atoms with Crippen LogP contribution in [0, 0.1) is 0 Å². The first-order valence-electron chi connectivity index (χ1n) is 6.79. The highest BCUT2D eigenvalue weighted by molar-refractivity contribution is 4.80. The van der Waals surface area contributed by atoms with E-state index in [2.05, 4.69) is 5.32 Å². The lowest BCUT2D eigenvalue weighted by atomic mass is 9.94. The average Bonchev–Trinajstić information content (AvgIpc) is 2.46. The maximum absolute atomic E-state index is 9.59. The minimum Gasteiger partial charge on any atom is -0.393 e. The Bertz CT molecular complexity index is 177. The van der Waals surface area contributed by atoms with Crippen LogP contribution in [0.3, 0.4) is 0 Å². The highest BCUT2D eigenvalue weighted by Crippen LogP contribution is 2.22. The first kappa shape index (κ1) is 11.4. The molecule has 15 heavy (non-hydrogen) atoms. The van der Waals surface area contributed by atoms with Crippen molar-refractivity contribution >= 4 is 0 Å². The molecule has 2 atom stereocenters. The van der Waals surface area contributed by atoms with E-state index in [9.17, 15) is 5.11 Å². The minimum atomic E-state index is -0.0249. The van der Waals surface area contributed by atoms with Crippen LogP contribution in [0.2, 0.25) is 0 Å². The number of hydrogen-bond acceptors (Lipinski definition) is 2. The highest BCUT2D eigenvalue weighted by Gasteiger charge is 2.21. The molecule has 0 aliphatic heterocycles. The molecule has 2 heteroatoms. The van der Waals surface area contributed by atoms with Crippen LogP contribution in [0.25, 0.3) is 0 Å². The van der Waals surface area contributed by atoms with Crippen molar-refractivity contribution in [3.63, 3.8) is 0 Å². The van der Waals surface area contributed by atoms with Crippen LogP contribution < -0.4 is 5.32 Å². The van der Waals surface area contributed by atoms with Crippen molar-refractivity contribution in [1.82, 2.24) is 5.32 Å². The van der Waals surface area contributed by atoms with Gasteiger partial charge in [0.05, 0.1) is 6.10 Å². The lowest BCUT2D eigenvalue weighted by molar-refractivity contribution is 0.156. The Morgan fingerprint density at radius 1 is 0.667 bits per heavy atom. The van der Waals surface area contributed by atoms with E-state index in [0.717, 1.165) is 18.9 Å². The van der Waals surface area contributed by atoms with Gasteiger partial charge in [-0.05, 0) is 44.9 Å². The summed E-state index contributed by atoms with van der Waals surface area (Å²) in [6.07, 6.45) is 12.6. The van der Waals surface area contributed by atoms with Crippen LogP contribution in [0.1, 0.15) is 64.2 Å². The van der Waals surface area contributed by atoms with Crippen molar-refractivity contribution in [3.8, 4) is 0 Å². The lowest BCUT2D eigenvalue weighted by Gasteiger charge is -2.28. The van der Waals surface area contributed by atoms with Crippen molar-refractivity contribution in [1.29, 1.82) is 0 Å². The molecule has 2 saturated carbocycles. The van der Waals surface area contributed by atoms with E-state index in [1.165, 1.54) is 51.4 Å². The molecule has 0 spiro atoms. The predicted molar refractivity (Wildman–Crippen MR) is 62.9 cm³/mol. The van der Waals surface area contributed by atoms with Gasteiger partial charge in [0.15, 0.2) is 0 Å². The summed E-state index contributed by atoms with van der Waals surface area (Å²) in [5.41, 5.74) is 0. The van der Waals surface area contributed by atoms with Gasteiger partial charge in [-0.3, -0.25) is 0 Å². The van der Waals surface area contributed by atoms with Crippen molar-refractivity contribution in [2.45, 2.75) is 82.4 Å². The second-order valence-corrected chi connectivity index (χ2v) is 5.36. The van der Waals surface area contributed by atoms with Gasteiger partial charge < -0.3 is 10.4 Å². The molecule has 0 amide bonds. The number of rotatable bonds is 2. The van der Waals surface area contributed by atoms with Gasteiger partial charge in [-0.2, -0.15) is 0 Å². The van der Waals surface area contributed by atoms with Crippen molar-refractivity contribution in [3.05, 3.63) is 0 Å². The fraction of sp³-hybridized carbons (Fsp3) is 1.00. The molecule has 0 radical (unpaired) electrons. The Labute approximate surface area is 93.5 Å². The van der Waals surface area contributed by atoms with E-state index >= 15 is 0 Å². The van der Waals surface area contributed by atoms with Crippen LogP contribution in [0.15, 0.2) is 0 Å². The van der Waals surface area contributed by atoms with Crippen molar-refractivity contribution in [2.75, 3.05) is 0 Å². The molecular formula is C13H25NO. The van der Waals surface area contributed by atoms with Crippen LogP contribution in [-0.4, -0.2) is 23.3 Å². The maximum atomic E-state index is 9.59. The Hall–Kier alpha value is -0.0800. The average molecular weight is 211 g/mol. The molecule has 88 valence electrons. The summed E-state index contributed by atoms with van der Waals surface area (Å²) < 4.78 is 0. The van der Waals surface area contributed by atoms with Crippen molar-refractivity contribution in [2.24, 2.45) is 0 Å². The summed E-state index contributed by atoms with van der Waals surface area (Å²) in [5, 5.41) is 13.4. The van der Waals surface area contributed by atoms with Crippen LogP contribution >= 0.6 is 0 Å². The standard InChI is InChI=1S/C13H25NO/c15-13-8-4-7-12(9-10-13)14-11-5-2-1-3-6-11/h11-15H,1-10H2. The zero-order chi connectivity index (χ0) is 10.5. The molecule has 0 saturated heterocycles. The summed E-state index contributed by atoms with van der Waals surface area (Å²) in [7, 11) is 0. The molecule has 0 bridgehead atoms. The molecule has 2 N–H and O–H groups in total. The third kappa shape index (κ3) is 3.76. The van der Waals surface area contributed by atoms with E-state index in [1.54, 1.807) is 0 Å². The minimum absolute atomic E-state index is 0.0249. The van der Waals surface area contributed by atoms with E-state index in [1.807, 2.05) is 0 Å². The van der Waals surface area contributed by atoms with Gasteiger partial charge in [-0.1, -0.05) is 19.3 Å². The van der Waals surface area contributed by atoms with Gasteiger partial charge in [0.25, 0.3) is 0 Å². The molecule has 2 rings (SSSR count). The van der Waals surface area contributed by atoms with Crippen LogP contribution in [0.5, 0.6) is 0 Å². The molecule has 2 nitrogen and oxygen atoms in total. The number of nitrogens with one attached hydrogen (secondary N) is 1. The smallest absolute Gasteiger partial charge is 0.0540 e. The molecule has 2 unspecified atom stereocenters. The Balaban J connectivity index is 1.72. The summed E-state index contributed by atoms with van der Waals surface area (Å²) in [5.74, 6) is 0. The second-order valence-electron chi connectivity index (χ2n) is 5.36. The largest absolute Gasteiger partial charge is 0.393 e. The normalized spacial score (nSPS) is 35.0. The number of hydrogen-bond donors (Lipinski definition) is 2. The third-order valence-corrected chi connectivity index (χ3v) is 4.01. The quantitative estimate of drug-likeness (QED) is 0.688. The fourth-order valence-electron chi connectivity index (χ4n) is 3.05. The lowest BCUT2D eigenvalue weighted by Crippen LogP contribution is -2.39. The maximum Gasteiger partial charge on any atom is 0.0540 e. The molecule has 0 aromatic rings. The molecule has 0 heterocycles. The molecule has 0 aromatic carbocycles. The topological polar surface area (TPSA) is 32.3 Å². The van der Waals surface area contributed by atoms with Gasteiger partial charge in [0.1, 0.15) is 0 Å². The van der Waals surface area contributed by atoms with Crippen molar-refractivity contribution < 1.29 is 5.11 Å². The number of aliphatic hydroxyl groups is 1. The monoisotopic (exact) mass is 211 g/mol. The Kier molecular flexibility index (Phi) is 4.45. The summed E-state index contributed by atoms with van der Waals surface area (Å²) in [6.45, 7) is 0. The zero-order valence-electron chi connectivity index (χ0n) is 9.75. The highest BCUT2D eigenvalue weighted by atomic mass is 16.3. The summed E-state index contributed by atoms with van der Waals surface area (Å²) in [6, 6.07) is 1.46. The van der Waals surface area contributed by atoms with Crippen LogP contribution in [0.4, 0.5) is 0 Å². The Morgan fingerprint density at radius 2 is 1.33 bits per heavy atom. The predicted octanol–water partition coefficient (Wildman–Crippen LogP) is 2.60. The molecule has 0 aromatic heterocycles. The van der Waals surface area contributed by atoms with E-state index in [0.29, 0.717) is 6.04 Å². The molecule has 2 aliphatic rings. The second kappa shape index (κ2) is 5.86. The van der Waals surface area contributed by atoms with Gasteiger partial charge in [0.2, 0.25) is 0 Å². The van der Waals surface area contributed by atoms with E-state index < -0.39 is 0 Å². The fourth-order valence-corrected chi connectivity index (χ4v) is 3.05. The first-order valence-corrected chi connectivity index (χ1v) is 6.79.